The minimum Gasteiger partial charge on any atom is -0.493 e. The number of carbonyl (C=O) groups excluding carboxylic acids is 2. The lowest BCUT2D eigenvalue weighted by molar-refractivity contribution is -0.118. The lowest BCUT2D eigenvalue weighted by Gasteiger charge is -2.20. The van der Waals surface area contributed by atoms with Crippen LogP contribution in [0.4, 0.5) is 0 Å². The summed E-state index contributed by atoms with van der Waals surface area (Å²) in [5.41, 5.74) is 18.5. The third kappa shape index (κ3) is 10.1. The minimum absolute atomic E-state index is 0.150. The molecule has 0 bridgehead atoms. The molecule has 0 spiro atoms. The monoisotopic (exact) mass is 552 g/mol. The second kappa shape index (κ2) is 16.0. The molecule has 0 unspecified atom stereocenters. The van der Waals surface area contributed by atoms with E-state index in [2.05, 4.69) is 40.6 Å². The van der Waals surface area contributed by atoms with E-state index in [0.29, 0.717) is 32.6 Å². The van der Waals surface area contributed by atoms with Crippen molar-refractivity contribution in [1.29, 1.82) is 0 Å². The van der Waals surface area contributed by atoms with Gasteiger partial charge >= 0.3 is 0 Å². The van der Waals surface area contributed by atoms with Crippen molar-refractivity contribution in [2.45, 2.75) is 77.7 Å². The van der Waals surface area contributed by atoms with Gasteiger partial charge in [-0.15, -0.1) is 11.3 Å². The number of rotatable bonds is 18. The number of nitrogens with two attached hydrogens (primary N) is 2. The van der Waals surface area contributed by atoms with E-state index in [9.17, 15) is 9.59 Å². The van der Waals surface area contributed by atoms with Crippen molar-refractivity contribution in [2.75, 3.05) is 6.61 Å². The van der Waals surface area contributed by atoms with Crippen LogP contribution in [0.3, 0.4) is 0 Å². The maximum absolute atomic E-state index is 10.9. The van der Waals surface area contributed by atoms with Gasteiger partial charge in [-0.25, -0.2) is 4.98 Å². The zero-order valence-electron chi connectivity index (χ0n) is 22.9. The average Bonchev–Trinajstić information content (AvgIpc) is 3.37. The smallest absolute Gasteiger partial charge is 0.217 e. The predicted molar refractivity (Wildman–Crippen MR) is 155 cm³/mol. The largest absolute Gasteiger partial charge is 0.493 e. The highest BCUT2D eigenvalue weighted by molar-refractivity contribution is 7.13. The van der Waals surface area contributed by atoms with Gasteiger partial charge in [0.2, 0.25) is 12.3 Å². The van der Waals surface area contributed by atoms with Crippen LogP contribution in [0, 0.1) is 6.92 Å². The average molecular weight is 553 g/mol. The molecule has 2 atom stereocenters. The molecule has 39 heavy (non-hydrogen) atoms. The third-order valence-corrected chi connectivity index (χ3v) is 7.66. The summed E-state index contributed by atoms with van der Waals surface area (Å²) in [6.45, 7) is 5.46. The van der Waals surface area contributed by atoms with E-state index in [1.807, 2.05) is 31.5 Å². The Morgan fingerprint density at radius 2 is 1.90 bits per heavy atom. The van der Waals surface area contributed by atoms with E-state index >= 15 is 0 Å². The quantitative estimate of drug-likeness (QED) is 0.156. The van der Waals surface area contributed by atoms with E-state index in [4.69, 9.17) is 20.9 Å². The number of carbonyl (C=O) groups is 2. The van der Waals surface area contributed by atoms with E-state index in [1.54, 1.807) is 11.3 Å². The Hall–Kier alpha value is -3.27. The first-order chi connectivity index (χ1) is 18.9. The first kappa shape index (κ1) is 30.3. The summed E-state index contributed by atoms with van der Waals surface area (Å²) >= 11 is 1.61. The number of aryl methyl sites for hydroxylation is 2. The fourth-order valence-electron chi connectivity index (χ4n) is 4.19. The van der Waals surface area contributed by atoms with Crippen LogP contribution in [0.5, 0.6) is 5.75 Å². The zero-order valence-corrected chi connectivity index (χ0v) is 23.7. The van der Waals surface area contributed by atoms with E-state index < -0.39 is 0 Å². The molecule has 2 aromatic carbocycles. The molecule has 1 aromatic heterocycles. The fourth-order valence-corrected chi connectivity index (χ4v) is 5.00. The minimum atomic E-state index is -0.342. The number of aromatic nitrogens is 1. The maximum atomic E-state index is 10.9. The Morgan fingerprint density at radius 3 is 2.59 bits per heavy atom. The summed E-state index contributed by atoms with van der Waals surface area (Å²) in [4.78, 5) is 27.2. The molecule has 0 aliphatic carbocycles. The van der Waals surface area contributed by atoms with Gasteiger partial charge in [0, 0.05) is 24.6 Å². The maximum Gasteiger partial charge on any atom is 0.217 e. The van der Waals surface area contributed by atoms with Crippen LogP contribution in [0.15, 0.2) is 48.0 Å². The SMILES string of the molecule is Cc1ncsc1-c1ccc(CNC=O)c(OCCCCCc2ccc(CO[C@H](C)[C@@H](N)CCC(N)=O)cc2)c1. The Morgan fingerprint density at radius 1 is 1.13 bits per heavy atom. The summed E-state index contributed by atoms with van der Waals surface area (Å²) in [5, 5.41) is 2.73. The number of amides is 2. The molecule has 0 saturated heterocycles. The second-order valence-electron chi connectivity index (χ2n) is 9.75. The number of primary amides is 1. The lowest BCUT2D eigenvalue weighted by Crippen LogP contribution is -2.35. The summed E-state index contributed by atoms with van der Waals surface area (Å²) in [6, 6.07) is 14.4. The highest BCUT2D eigenvalue weighted by Gasteiger charge is 2.14. The highest BCUT2D eigenvalue weighted by atomic mass is 32.1. The van der Waals surface area contributed by atoms with Crippen LogP contribution in [0.2, 0.25) is 0 Å². The molecule has 3 rings (SSSR count). The number of thiazole rings is 1. The first-order valence-corrected chi connectivity index (χ1v) is 14.3. The fraction of sp³-hybridized carbons (Fsp3) is 0.433. The van der Waals surface area contributed by atoms with Gasteiger partial charge in [0.15, 0.2) is 0 Å². The van der Waals surface area contributed by atoms with Gasteiger partial charge in [-0.05, 0) is 68.7 Å². The van der Waals surface area contributed by atoms with Crippen molar-refractivity contribution in [3.63, 3.8) is 0 Å². The van der Waals surface area contributed by atoms with Crippen LogP contribution >= 0.6 is 11.3 Å². The Kier molecular flexibility index (Phi) is 12.4. The number of hydrogen-bond acceptors (Lipinski definition) is 7. The number of nitrogens with one attached hydrogen (secondary N) is 1. The number of ether oxygens (including phenoxy) is 2. The molecule has 0 fully saturated rings. The predicted octanol–water partition coefficient (Wildman–Crippen LogP) is 4.65. The molecule has 5 N–H and O–H groups in total. The number of hydrogen-bond donors (Lipinski definition) is 3. The molecule has 0 radical (unpaired) electrons. The number of benzene rings is 2. The van der Waals surface area contributed by atoms with Crippen LogP contribution in [0.25, 0.3) is 10.4 Å². The van der Waals surface area contributed by atoms with Crippen LogP contribution in [0.1, 0.15) is 61.4 Å². The van der Waals surface area contributed by atoms with Gasteiger partial charge in [0.1, 0.15) is 5.75 Å². The molecular formula is C30H40N4O4S. The highest BCUT2D eigenvalue weighted by Crippen LogP contribution is 2.32. The molecular weight excluding hydrogens is 512 g/mol. The lowest BCUT2D eigenvalue weighted by atomic mass is 10.1. The van der Waals surface area contributed by atoms with Crippen LogP contribution in [-0.4, -0.2) is 36.1 Å². The van der Waals surface area contributed by atoms with Gasteiger partial charge in [0.25, 0.3) is 0 Å². The van der Waals surface area contributed by atoms with Crippen molar-refractivity contribution in [1.82, 2.24) is 10.3 Å². The van der Waals surface area contributed by atoms with E-state index in [0.717, 1.165) is 58.7 Å². The topological polar surface area (TPSA) is 130 Å². The second-order valence-corrected chi connectivity index (χ2v) is 10.6. The Bertz CT molecular complexity index is 1180. The third-order valence-electron chi connectivity index (χ3n) is 6.68. The molecule has 0 aliphatic heterocycles. The molecule has 0 aliphatic rings. The van der Waals surface area contributed by atoms with Crippen LogP contribution in [-0.2, 0) is 33.9 Å². The number of nitrogens with zero attached hydrogens (tertiary/aromatic N) is 1. The zero-order chi connectivity index (χ0) is 28.0. The summed E-state index contributed by atoms with van der Waals surface area (Å²) in [6.07, 6.45) is 5.44. The standard InChI is InChI=1S/C30H40N4O4S/c1-21-30(39-20-34-21)25-11-12-26(17-33-19-35)28(16-25)37-15-5-3-4-6-23-7-9-24(10-8-23)18-38-22(2)27(31)13-14-29(32)36/h7-12,16,19-20,22,27H,3-6,13-15,17-18,31H2,1-2H3,(H2,32,36)(H,33,35)/t22-,27+/m1/s1. The number of unbranched alkanes of at least 4 members (excludes halogenated alkanes) is 2. The van der Waals surface area contributed by atoms with Gasteiger partial charge in [-0.3, -0.25) is 9.59 Å². The van der Waals surface area contributed by atoms with Crippen molar-refractivity contribution in [3.8, 4) is 16.2 Å². The molecule has 210 valence electrons. The van der Waals surface area contributed by atoms with Crippen molar-refractivity contribution in [3.05, 3.63) is 70.4 Å². The van der Waals surface area contributed by atoms with Crippen LogP contribution < -0.4 is 21.5 Å². The molecule has 2 amide bonds. The molecule has 3 aromatic rings. The summed E-state index contributed by atoms with van der Waals surface area (Å²) < 4.78 is 12.0. The van der Waals surface area contributed by atoms with E-state index in [1.165, 1.54) is 5.56 Å². The van der Waals surface area contributed by atoms with Gasteiger partial charge in [0.05, 0.1) is 35.4 Å². The Balaban J connectivity index is 1.39. The van der Waals surface area contributed by atoms with Gasteiger partial charge in [-0.2, -0.15) is 0 Å². The van der Waals surface area contributed by atoms with Gasteiger partial charge < -0.3 is 26.3 Å². The summed E-state index contributed by atoms with van der Waals surface area (Å²) in [5.74, 6) is 0.460. The molecule has 0 saturated carbocycles. The molecule has 8 nitrogen and oxygen atoms in total. The van der Waals surface area contributed by atoms with Crippen molar-refractivity contribution in [2.24, 2.45) is 11.5 Å². The molecule has 9 heteroatoms. The van der Waals surface area contributed by atoms with Crippen molar-refractivity contribution >= 4 is 23.7 Å². The first-order valence-electron chi connectivity index (χ1n) is 13.4. The normalized spacial score (nSPS) is 12.6. The van der Waals surface area contributed by atoms with E-state index in [-0.39, 0.29) is 24.5 Å². The van der Waals surface area contributed by atoms with Gasteiger partial charge in [-0.1, -0.05) is 36.4 Å². The van der Waals surface area contributed by atoms with Crippen molar-refractivity contribution < 1.29 is 19.1 Å². The Labute approximate surface area is 235 Å². The summed E-state index contributed by atoms with van der Waals surface area (Å²) in [7, 11) is 0. The molecule has 1 heterocycles.